The lowest BCUT2D eigenvalue weighted by Crippen LogP contribution is -2.48. The summed E-state index contributed by atoms with van der Waals surface area (Å²) in [6.45, 7) is 8.45. The summed E-state index contributed by atoms with van der Waals surface area (Å²) in [5.41, 5.74) is 3.98. The van der Waals surface area contributed by atoms with Crippen LogP contribution in [0, 0.1) is 5.92 Å². The number of hydrogen-bond acceptors (Lipinski definition) is 6. The molecule has 3 aromatic rings. The second kappa shape index (κ2) is 18.2. The molecule has 4 rings (SSSR count). The number of amides is 1. The Morgan fingerprint density at radius 2 is 1.40 bits per heavy atom. The van der Waals surface area contributed by atoms with E-state index in [0.29, 0.717) is 29.6 Å². The number of methoxy groups -OCH3 is 3. The number of benzene rings is 2. The maximum absolute atomic E-state index is 13.1. The lowest BCUT2D eigenvalue weighted by atomic mass is 10.00. The van der Waals surface area contributed by atoms with Gasteiger partial charge < -0.3 is 19.1 Å². The number of carbonyl (C=O) groups is 1. The number of ether oxygens (including phenoxy) is 3. The third kappa shape index (κ3) is 10.5. The van der Waals surface area contributed by atoms with Gasteiger partial charge in [0.25, 0.3) is 0 Å². The van der Waals surface area contributed by atoms with Gasteiger partial charge in [0.1, 0.15) is 0 Å². The van der Waals surface area contributed by atoms with Crippen molar-refractivity contribution >= 4 is 17.2 Å². The predicted octanol–water partition coefficient (Wildman–Crippen LogP) is 7.99. The lowest BCUT2D eigenvalue weighted by molar-refractivity contribution is -0.134. The van der Waals surface area contributed by atoms with Gasteiger partial charge in [0.2, 0.25) is 11.7 Å². The van der Waals surface area contributed by atoms with Crippen molar-refractivity contribution in [1.29, 1.82) is 0 Å². The number of rotatable bonds is 18. The van der Waals surface area contributed by atoms with E-state index in [4.69, 9.17) is 14.2 Å². The van der Waals surface area contributed by atoms with E-state index in [9.17, 15) is 4.79 Å². The van der Waals surface area contributed by atoms with Gasteiger partial charge in [0.15, 0.2) is 11.5 Å². The molecule has 1 unspecified atom stereocenters. The summed E-state index contributed by atoms with van der Waals surface area (Å²) in [6.07, 6.45) is 11.3. The normalized spacial score (nSPS) is 14.4. The van der Waals surface area contributed by atoms with Gasteiger partial charge >= 0.3 is 0 Å². The third-order valence-electron chi connectivity index (χ3n) is 9.01. The van der Waals surface area contributed by atoms with Crippen molar-refractivity contribution < 1.29 is 19.0 Å². The molecule has 6 nitrogen and oxygen atoms in total. The standard InChI is InChI=1S/C38H54N2O4S/c1-6-7-8-10-30-14-16-31(17-15-30)11-9-12-33-20-21-34(45-33)19-13-29(2)27-36(41)40-25-23-39(24-26-40)28-32-18-22-35(42-3)38(44-5)37(32)43-4/h14-18,20-22,29H,6-13,19,23-28H2,1-5H3. The highest BCUT2D eigenvalue weighted by Crippen LogP contribution is 2.40. The molecule has 0 N–H and O–H groups in total. The van der Waals surface area contributed by atoms with Crippen molar-refractivity contribution in [2.24, 2.45) is 5.92 Å². The number of aryl methyl sites for hydroxylation is 4. The van der Waals surface area contributed by atoms with Crippen molar-refractivity contribution in [1.82, 2.24) is 9.80 Å². The van der Waals surface area contributed by atoms with E-state index in [1.54, 1.807) is 21.3 Å². The van der Waals surface area contributed by atoms with E-state index >= 15 is 0 Å². The summed E-state index contributed by atoms with van der Waals surface area (Å²) >= 11 is 1.95. The van der Waals surface area contributed by atoms with Crippen LogP contribution in [-0.4, -0.2) is 63.2 Å². The van der Waals surface area contributed by atoms with Gasteiger partial charge in [-0.1, -0.05) is 57.0 Å². The Morgan fingerprint density at radius 3 is 2.02 bits per heavy atom. The zero-order chi connectivity index (χ0) is 32.0. The molecule has 0 aliphatic carbocycles. The van der Waals surface area contributed by atoms with Crippen molar-refractivity contribution in [2.45, 2.75) is 84.6 Å². The maximum Gasteiger partial charge on any atom is 0.222 e. The Hall–Kier alpha value is -3.03. The molecule has 1 atom stereocenters. The van der Waals surface area contributed by atoms with E-state index in [1.165, 1.54) is 53.0 Å². The van der Waals surface area contributed by atoms with E-state index < -0.39 is 0 Å². The summed E-state index contributed by atoms with van der Waals surface area (Å²) in [7, 11) is 4.92. The van der Waals surface area contributed by atoms with Gasteiger partial charge in [0, 0.05) is 54.5 Å². The molecule has 1 aliphatic heterocycles. The molecule has 0 spiro atoms. The first-order valence-corrected chi connectivity index (χ1v) is 17.7. The largest absolute Gasteiger partial charge is 0.493 e. The van der Waals surface area contributed by atoms with Crippen LogP contribution < -0.4 is 14.2 Å². The smallest absolute Gasteiger partial charge is 0.222 e. The first-order chi connectivity index (χ1) is 21.9. The average molecular weight is 635 g/mol. The summed E-state index contributed by atoms with van der Waals surface area (Å²) in [5.74, 6) is 2.65. The second-order valence-electron chi connectivity index (χ2n) is 12.5. The fourth-order valence-corrected chi connectivity index (χ4v) is 7.29. The number of thiophene rings is 1. The Bertz CT molecular complexity index is 1310. The van der Waals surface area contributed by atoms with Gasteiger partial charge in [-0.15, -0.1) is 11.3 Å². The van der Waals surface area contributed by atoms with E-state index in [-0.39, 0.29) is 5.91 Å². The molecule has 1 amide bonds. The minimum Gasteiger partial charge on any atom is -0.493 e. The molecule has 0 bridgehead atoms. The number of piperazine rings is 1. The van der Waals surface area contributed by atoms with E-state index in [0.717, 1.165) is 64.0 Å². The van der Waals surface area contributed by atoms with Crippen LogP contribution in [0.2, 0.25) is 0 Å². The van der Waals surface area contributed by atoms with Gasteiger partial charge in [-0.3, -0.25) is 9.69 Å². The van der Waals surface area contributed by atoms with Crippen molar-refractivity contribution in [3.05, 3.63) is 75.0 Å². The van der Waals surface area contributed by atoms with Crippen LogP contribution in [0.1, 0.15) is 78.8 Å². The summed E-state index contributed by atoms with van der Waals surface area (Å²) < 4.78 is 16.6. The number of hydrogen-bond donors (Lipinski definition) is 0. The Morgan fingerprint density at radius 1 is 0.756 bits per heavy atom. The quantitative estimate of drug-likeness (QED) is 0.133. The number of nitrogens with zero attached hydrogens (tertiary/aromatic N) is 2. The highest BCUT2D eigenvalue weighted by Gasteiger charge is 2.24. The highest BCUT2D eigenvalue weighted by molar-refractivity contribution is 7.11. The Kier molecular flexibility index (Phi) is 14.1. The maximum atomic E-state index is 13.1. The minimum absolute atomic E-state index is 0.284. The van der Waals surface area contributed by atoms with Crippen LogP contribution in [0.5, 0.6) is 17.2 Å². The molecular formula is C38H54N2O4S. The first kappa shape index (κ1) is 34.8. The van der Waals surface area contributed by atoms with Gasteiger partial charge in [-0.05, 0) is 80.2 Å². The molecule has 7 heteroatoms. The zero-order valence-corrected chi connectivity index (χ0v) is 29.1. The predicted molar refractivity (Wildman–Crippen MR) is 186 cm³/mol. The third-order valence-corrected chi connectivity index (χ3v) is 10.2. The lowest BCUT2D eigenvalue weighted by Gasteiger charge is -2.35. The SMILES string of the molecule is CCCCCc1ccc(CCCc2ccc(CCC(C)CC(=O)N3CCN(Cc4ccc(OC)c(OC)c4OC)CC3)s2)cc1. The zero-order valence-electron chi connectivity index (χ0n) is 28.2. The summed E-state index contributed by atoms with van der Waals surface area (Å²) in [5, 5.41) is 0. The summed E-state index contributed by atoms with van der Waals surface area (Å²) in [6, 6.07) is 17.8. The number of unbranched alkanes of at least 4 members (excludes halogenated alkanes) is 2. The molecule has 1 aromatic heterocycles. The van der Waals surface area contributed by atoms with Crippen LogP contribution in [0.25, 0.3) is 0 Å². The minimum atomic E-state index is 0.284. The van der Waals surface area contributed by atoms with Crippen molar-refractivity contribution in [3.63, 3.8) is 0 Å². The van der Waals surface area contributed by atoms with Crippen LogP contribution >= 0.6 is 11.3 Å². The van der Waals surface area contributed by atoms with Crippen molar-refractivity contribution in [3.8, 4) is 17.2 Å². The molecule has 246 valence electrons. The molecular weight excluding hydrogens is 580 g/mol. The molecule has 1 fully saturated rings. The van der Waals surface area contributed by atoms with E-state index in [2.05, 4.69) is 55.1 Å². The number of carbonyl (C=O) groups excluding carboxylic acids is 1. The molecule has 2 heterocycles. The van der Waals surface area contributed by atoms with Crippen LogP contribution in [0.4, 0.5) is 0 Å². The van der Waals surface area contributed by atoms with Crippen LogP contribution in [0.3, 0.4) is 0 Å². The molecule has 2 aromatic carbocycles. The molecule has 45 heavy (non-hydrogen) atoms. The molecule has 1 aliphatic rings. The summed E-state index contributed by atoms with van der Waals surface area (Å²) in [4.78, 5) is 20.5. The van der Waals surface area contributed by atoms with Gasteiger partial charge in [-0.2, -0.15) is 0 Å². The fourth-order valence-electron chi connectivity index (χ4n) is 6.21. The van der Waals surface area contributed by atoms with Gasteiger partial charge in [-0.25, -0.2) is 0 Å². The van der Waals surface area contributed by atoms with E-state index in [1.807, 2.05) is 28.4 Å². The Balaban J connectivity index is 1.13. The molecule has 1 saturated heterocycles. The van der Waals surface area contributed by atoms with Gasteiger partial charge in [0.05, 0.1) is 21.3 Å². The molecule has 0 radical (unpaired) electrons. The highest BCUT2D eigenvalue weighted by atomic mass is 32.1. The molecule has 0 saturated carbocycles. The monoisotopic (exact) mass is 634 g/mol. The van der Waals surface area contributed by atoms with Crippen LogP contribution in [0.15, 0.2) is 48.5 Å². The Labute approximate surface area is 275 Å². The first-order valence-electron chi connectivity index (χ1n) is 16.9. The van der Waals surface area contributed by atoms with Crippen molar-refractivity contribution in [2.75, 3.05) is 47.5 Å². The van der Waals surface area contributed by atoms with Crippen LogP contribution in [-0.2, 0) is 37.0 Å². The topological polar surface area (TPSA) is 51.2 Å². The fraction of sp³-hybridized carbons (Fsp3) is 0.553. The average Bonchev–Trinajstić information content (AvgIpc) is 3.52. The second-order valence-corrected chi connectivity index (χ2v) is 13.7.